The first-order valence-corrected chi connectivity index (χ1v) is 6.50. The molecule has 1 aromatic heterocycles. The van der Waals surface area contributed by atoms with E-state index in [4.69, 9.17) is 9.47 Å². The van der Waals surface area contributed by atoms with Crippen LogP contribution in [0.4, 0.5) is 5.82 Å². The molecule has 106 valence electrons. The van der Waals surface area contributed by atoms with Gasteiger partial charge in [0.15, 0.2) is 0 Å². The number of nitrogens with one attached hydrogen (secondary N) is 1. The Morgan fingerprint density at radius 2 is 1.90 bits per heavy atom. The topological polar surface area (TPSA) is 56.3 Å². The average Bonchev–Trinajstić information content (AvgIpc) is 2.53. The van der Waals surface area contributed by atoms with Crippen LogP contribution in [0.2, 0.25) is 0 Å². The predicted octanol–water partition coefficient (Wildman–Crippen LogP) is 2.76. The smallest absolute Gasteiger partial charge is 0.131 e. The van der Waals surface area contributed by atoms with Gasteiger partial charge < -0.3 is 14.8 Å². The lowest BCUT2D eigenvalue weighted by atomic mass is 10.1. The molecule has 0 saturated carbocycles. The quantitative estimate of drug-likeness (QED) is 0.907. The van der Waals surface area contributed by atoms with E-state index in [-0.39, 0.29) is 0 Å². The second-order valence-corrected chi connectivity index (χ2v) is 4.22. The van der Waals surface area contributed by atoms with Gasteiger partial charge >= 0.3 is 0 Å². The number of nitrogens with zero attached hydrogens (tertiary/aromatic N) is 2. The molecule has 20 heavy (non-hydrogen) atoms. The lowest BCUT2D eigenvalue weighted by molar-refractivity contribution is 0.404. The summed E-state index contributed by atoms with van der Waals surface area (Å²) < 4.78 is 10.7. The van der Waals surface area contributed by atoms with E-state index in [9.17, 15) is 0 Å². The molecule has 1 heterocycles. The molecule has 0 amide bonds. The van der Waals surface area contributed by atoms with Crippen LogP contribution in [0, 0.1) is 0 Å². The fourth-order valence-electron chi connectivity index (χ4n) is 1.94. The van der Waals surface area contributed by atoms with E-state index in [0.717, 1.165) is 40.8 Å². The number of benzene rings is 1. The summed E-state index contributed by atoms with van der Waals surface area (Å²) in [5.41, 5.74) is 1.71. The van der Waals surface area contributed by atoms with Crippen LogP contribution >= 0.6 is 0 Å². The van der Waals surface area contributed by atoms with E-state index in [2.05, 4.69) is 15.3 Å². The maximum absolute atomic E-state index is 5.41. The summed E-state index contributed by atoms with van der Waals surface area (Å²) >= 11 is 0. The molecule has 0 bridgehead atoms. The highest BCUT2D eigenvalue weighted by molar-refractivity contribution is 5.71. The van der Waals surface area contributed by atoms with Crippen LogP contribution in [0.15, 0.2) is 24.3 Å². The van der Waals surface area contributed by atoms with Crippen LogP contribution < -0.4 is 14.8 Å². The Morgan fingerprint density at radius 3 is 2.50 bits per heavy atom. The maximum atomic E-state index is 5.41. The highest BCUT2D eigenvalue weighted by atomic mass is 16.5. The number of aryl methyl sites for hydroxylation is 1. The summed E-state index contributed by atoms with van der Waals surface area (Å²) in [7, 11) is 5.13. The molecule has 1 aromatic carbocycles. The second-order valence-electron chi connectivity index (χ2n) is 4.22. The molecule has 5 nitrogen and oxygen atoms in total. The number of methoxy groups -OCH3 is 2. The van der Waals surface area contributed by atoms with Crippen molar-refractivity contribution in [3.8, 4) is 22.8 Å². The number of hydrogen-bond donors (Lipinski definition) is 1. The maximum Gasteiger partial charge on any atom is 0.131 e. The molecule has 2 rings (SSSR count). The van der Waals surface area contributed by atoms with Crippen molar-refractivity contribution in [1.29, 1.82) is 0 Å². The van der Waals surface area contributed by atoms with Crippen LogP contribution in [0.3, 0.4) is 0 Å². The van der Waals surface area contributed by atoms with E-state index in [1.54, 1.807) is 14.2 Å². The molecule has 5 heteroatoms. The highest BCUT2D eigenvalue weighted by Crippen LogP contribution is 2.33. The molecule has 0 atom stereocenters. The molecule has 2 aromatic rings. The third kappa shape index (κ3) is 2.82. The Kier molecular flexibility index (Phi) is 4.40. The molecule has 0 aliphatic carbocycles. The normalized spacial score (nSPS) is 10.2. The van der Waals surface area contributed by atoms with E-state index in [1.807, 2.05) is 38.2 Å². The Hall–Kier alpha value is -2.30. The first-order valence-electron chi connectivity index (χ1n) is 6.50. The van der Waals surface area contributed by atoms with E-state index in [0.29, 0.717) is 0 Å². The highest BCUT2D eigenvalue weighted by Gasteiger charge is 2.11. The van der Waals surface area contributed by atoms with Crippen molar-refractivity contribution >= 4 is 5.82 Å². The number of ether oxygens (including phenoxy) is 2. The third-order valence-corrected chi connectivity index (χ3v) is 3.03. The van der Waals surface area contributed by atoms with Crippen LogP contribution in [0.1, 0.15) is 12.7 Å². The van der Waals surface area contributed by atoms with Gasteiger partial charge in [-0.2, -0.15) is 0 Å². The van der Waals surface area contributed by atoms with Crippen molar-refractivity contribution in [2.45, 2.75) is 13.3 Å². The number of hydrogen-bond acceptors (Lipinski definition) is 5. The molecular weight excluding hydrogens is 254 g/mol. The summed E-state index contributed by atoms with van der Waals surface area (Å²) in [5, 5.41) is 3.05. The lowest BCUT2D eigenvalue weighted by Gasteiger charge is -2.12. The van der Waals surface area contributed by atoms with Gasteiger partial charge in [0, 0.05) is 25.1 Å². The summed E-state index contributed by atoms with van der Waals surface area (Å²) in [6, 6.07) is 7.56. The van der Waals surface area contributed by atoms with Crippen molar-refractivity contribution < 1.29 is 9.47 Å². The first-order chi connectivity index (χ1) is 9.71. The van der Waals surface area contributed by atoms with Crippen molar-refractivity contribution in [2.75, 3.05) is 26.6 Å². The van der Waals surface area contributed by atoms with Crippen LogP contribution in [0.5, 0.6) is 11.5 Å². The lowest BCUT2D eigenvalue weighted by Crippen LogP contribution is -2.01. The molecule has 0 fully saturated rings. The van der Waals surface area contributed by atoms with E-state index >= 15 is 0 Å². The monoisotopic (exact) mass is 273 g/mol. The minimum absolute atomic E-state index is 0.758. The summed E-state index contributed by atoms with van der Waals surface area (Å²) in [4.78, 5) is 8.97. The molecule has 0 spiro atoms. The standard InChI is InChI=1S/C15H19N3O2/c1-5-14-17-12(9-15(16-2)18-14)11-8-10(19-3)6-7-13(11)20-4/h6-9H,5H2,1-4H3,(H,16,17,18). The Labute approximate surface area is 119 Å². The van der Waals surface area contributed by atoms with Gasteiger partial charge in [-0.1, -0.05) is 6.92 Å². The predicted molar refractivity (Wildman–Crippen MR) is 79.5 cm³/mol. The van der Waals surface area contributed by atoms with Gasteiger partial charge in [-0.25, -0.2) is 9.97 Å². The van der Waals surface area contributed by atoms with E-state index in [1.165, 1.54) is 0 Å². The average molecular weight is 273 g/mol. The van der Waals surface area contributed by atoms with Crippen LogP contribution in [-0.2, 0) is 6.42 Å². The number of aromatic nitrogens is 2. The minimum atomic E-state index is 0.758. The molecular formula is C15H19N3O2. The van der Waals surface area contributed by atoms with Crippen LogP contribution in [0.25, 0.3) is 11.3 Å². The Morgan fingerprint density at radius 1 is 1.10 bits per heavy atom. The fraction of sp³-hybridized carbons (Fsp3) is 0.333. The molecule has 1 N–H and O–H groups in total. The molecule has 0 saturated heterocycles. The number of anilines is 1. The zero-order valence-corrected chi connectivity index (χ0v) is 12.2. The third-order valence-electron chi connectivity index (χ3n) is 3.03. The van der Waals surface area contributed by atoms with Gasteiger partial charge in [0.1, 0.15) is 23.1 Å². The SMILES string of the molecule is CCc1nc(NC)cc(-c2cc(OC)ccc2OC)n1. The van der Waals surface area contributed by atoms with Gasteiger partial charge in [-0.3, -0.25) is 0 Å². The second kappa shape index (κ2) is 6.23. The molecule has 0 radical (unpaired) electrons. The summed E-state index contributed by atoms with van der Waals surface area (Å²) in [5.74, 6) is 3.10. The Bertz CT molecular complexity index is 577. The van der Waals surface area contributed by atoms with E-state index < -0.39 is 0 Å². The van der Waals surface area contributed by atoms with Gasteiger partial charge in [-0.05, 0) is 18.2 Å². The van der Waals surface area contributed by atoms with Gasteiger partial charge in [0.25, 0.3) is 0 Å². The van der Waals surface area contributed by atoms with Crippen molar-refractivity contribution in [2.24, 2.45) is 0 Å². The first kappa shape index (κ1) is 14.1. The summed E-state index contributed by atoms with van der Waals surface area (Å²) in [6.45, 7) is 2.03. The molecule has 0 aliphatic heterocycles. The largest absolute Gasteiger partial charge is 0.497 e. The van der Waals surface area contributed by atoms with Crippen LogP contribution in [-0.4, -0.2) is 31.2 Å². The molecule has 0 unspecified atom stereocenters. The van der Waals surface area contributed by atoms with Crippen molar-refractivity contribution in [1.82, 2.24) is 9.97 Å². The minimum Gasteiger partial charge on any atom is -0.497 e. The zero-order chi connectivity index (χ0) is 14.5. The van der Waals surface area contributed by atoms with Gasteiger partial charge in [0.2, 0.25) is 0 Å². The number of rotatable bonds is 5. The van der Waals surface area contributed by atoms with Gasteiger partial charge in [0.05, 0.1) is 19.9 Å². The van der Waals surface area contributed by atoms with Gasteiger partial charge in [-0.15, -0.1) is 0 Å². The fourth-order valence-corrected chi connectivity index (χ4v) is 1.94. The van der Waals surface area contributed by atoms with Crippen molar-refractivity contribution in [3.63, 3.8) is 0 Å². The summed E-state index contributed by atoms with van der Waals surface area (Å²) in [6.07, 6.45) is 0.773. The molecule has 0 aliphatic rings. The zero-order valence-electron chi connectivity index (χ0n) is 12.2. The van der Waals surface area contributed by atoms with Crippen molar-refractivity contribution in [3.05, 3.63) is 30.1 Å². The Balaban J connectivity index is 2.59.